The monoisotopic (exact) mass is 255 g/mol. The molecule has 1 heterocycles. The smallest absolute Gasteiger partial charge is 0.221 e. The molecular formula is C15H17N3O. The van der Waals surface area contributed by atoms with E-state index in [-0.39, 0.29) is 5.91 Å². The van der Waals surface area contributed by atoms with Crippen molar-refractivity contribution < 1.29 is 4.79 Å². The van der Waals surface area contributed by atoms with Crippen LogP contribution in [0.1, 0.15) is 12.5 Å². The number of pyridine rings is 1. The molecule has 0 aliphatic carbocycles. The molecule has 0 saturated carbocycles. The van der Waals surface area contributed by atoms with Crippen molar-refractivity contribution in [1.82, 2.24) is 4.98 Å². The normalized spacial score (nSPS) is 9.95. The van der Waals surface area contributed by atoms with Gasteiger partial charge in [-0.1, -0.05) is 6.07 Å². The molecule has 0 unspecified atom stereocenters. The minimum atomic E-state index is -0.0612. The Kier molecular flexibility index (Phi) is 4.50. The molecule has 0 aliphatic heterocycles. The Labute approximate surface area is 112 Å². The molecule has 2 N–H and O–H groups in total. The molecule has 0 radical (unpaired) electrons. The largest absolute Gasteiger partial charge is 0.385 e. The van der Waals surface area contributed by atoms with Crippen LogP contribution in [-0.2, 0) is 11.2 Å². The van der Waals surface area contributed by atoms with Gasteiger partial charge in [0.15, 0.2) is 0 Å². The Hall–Kier alpha value is -2.36. The third-order valence-corrected chi connectivity index (χ3v) is 2.68. The first kappa shape index (κ1) is 13.1. The van der Waals surface area contributed by atoms with E-state index in [1.54, 1.807) is 12.4 Å². The molecule has 0 saturated heterocycles. The zero-order valence-electron chi connectivity index (χ0n) is 10.9. The van der Waals surface area contributed by atoms with Crippen molar-refractivity contribution in [2.45, 2.75) is 13.3 Å². The van der Waals surface area contributed by atoms with Crippen LogP contribution < -0.4 is 10.6 Å². The molecule has 4 nitrogen and oxygen atoms in total. The summed E-state index contributed by atoms with van der Waals surface area (Å²) in [7, 11) is 0. The molecule has 1 aromatic carbocycles. The van der Waals surface area contributed by atoms with Crippen LogP contribution in [-0.4, -0.2) is 17.4 Å². The first-order chi connectivity index (χ1) is 9.24. The second-order valence-electron chi connectivity index (χ2n) is 4.29. The van der Waals surface area contributed by atoms with Crippen LogP contribution in [0.5, 0.6) is 0 Å². The van der Waals surface area contributed by atoms with Crippen LogP contribution in [0.15, 0.2) is 48.8 Å². The topological polar surface area (TPSA) is 54.0 Å². The number of hydrogen-bond acceptors (Lipinski definition) is 3. The summed E-state index contributed by atoms with van der Waals surface area (Å²) in [6.07, 6.45) is 4.53. The summed E-state index contributed by atoms with van der Waals surface area (Å²) in [5.41, 5.74) is 3.06. The van der Waals surface area contributed by atoms with Gasteiger partial charge in [0.05, 0.1) is 0 Å². The molecule has 0 bridgehead atoms. The van der Waals surface area contributed by atoms with Crippen molar-refractivity contribution in [2.24, 2.45) is 0 Å². The first-order valence-corrected chi connectivity index (χ1v) is 6.24. The van der Waals surface area contributed by atoms with Crippen molar-refractivity contribution in [3.63, 3.8) is 0 Å². The summed E-state index contributed by atoms with van der Waals surface area (Å²) in [5.74, 6) is -0.0612. The average molecular weight is 255 g/mol. The zero-order valence-corrected chi connectivity index (χ0v) is 10.9. The zero-order chi connectivity index (χ0) is 13.5. The van der Waals surface area contributed by atoms with Gasteiger partial charge in [-0.05, 0) is 42.3 Å². The molecule has 98 valence electrons. The van der Waals surface area contributed by atoms with Gasteiger partial charge in [0.1, 0.15) is 0 Å². The second-order valence-corrected chi connectivity index (χ2v) is 4.29. The Balaban J connectivity index is 1.87. The van der Waals surface area contributed by atoms with Gasteiger partial charge in [-0.3, -0.25) is 9.78 Å². The maximum Gasteiger partial charge on any atom is 0.221 e. The minimum Gasteiger partial charge on any atom is -0.385 e. The maximum absolute atomic E-state index is 11.0. The molecule has 0 fully saturated rings. The molecule has 2 aromatic rings. The van der Waals surface area contributed by atoms with Crippen molar-refractivity contribution in [3.8, 4) is 0 Å². The van der Waals surface area contributed by atoms with Crippen LogP contribution in [0, 0.1) is 0 Å². The van der Waals surface area contributed by atoms with Gasteiger partial charge in [-0.2, -0.15) is 0 Å². The Morgan fingerprint density at radius 3 is 2.63 bits per heavy atom. The number of anilines is 2. The van der Waals surface area contributed by atoms with E-state index in [2.05, 4.69) is 15.6 Å². The highest BCUT2D eigenvalue weighted by molar-refractivity contribution is 5.89. The summed E-state index contributed by atoms with van der Waals surface area (Å²) in [5, 5.41) is 6.10. The molecule has 4 heteroatoms. The predicted octanol–water partition coefficient (Wildman–Crippen LogP) is 2.69. The van der Waals surface area contributed by atoms with E-state index in [0.29, 0.717) is 0 Å². The van der Waals surface area contributed by atoms with E-state index in [1.807, 2.05) is 36.4 Å². The van der Waals surface area contributed by atoms with Crippen molar-refractivity contribution in [2.75, 3.05) is 17.2 Å². The van der Waals surface area contributed by atoms with Crippen molar-refractivity contribution >= 4 is 17.3 Å². The molecule has 1 amide bonds. The lowest BCUT2D eigenvalue weighted by atomic mass is 10.2. The predicted molar refractivity (Wildman–Crippen MR) is 77.2 cm³/mol. The number of nitrogens with zero attached hydrogens (tertiary/aromatic N) is 1. The highest BCUT2D eigenvalue weighted by Crippen LogP contribution is 2.15. The summed E-state index contributed by atoms with van der Waals surface area (Å²) >= 11 is 0. The van der Waals surface area contributed by atoms with Crippen LogP contribution in [0.25, 0.3) is 0 Å². The molecule has 2 rings (SSSR count). The van der Waals surface area contributed by atoms with Gasteiger partial charge in [0.2, 0.25) is 5.91 Å². The number of aromatic nitrogens is 1. The summed E-state index contributed by atoms with van der Waals surface area (Å²) in [6.45, 7) is 2.34. The molecule has 0 atom stereocenters. The summed E-state index contributed by atoms with van der Waals surface area (Å²) in [6, 6.07) is 11.7. The Morgan fingerprint density at radius 1 is 1.16 bits per heavy atom. The second kappa shape index (κ2) is 6.54. The van der Waals surface area contributed by atoms with Gasteiger partial charge < -0.3 is 10.6 Å². The summed E-state index contributed by atoms with van der Waals surface area (Å²) in [4.78, 5) is 15.0. The third-order valence-electron chi connectivity index (χ3n) is 2.68. The van der Waals surface area contributed by atoms with Gasteiger partial charge in [-0.25, -0.2) is 0 Å². The fourth-order valence-corrected chi connectivity index (χ4v) is 1.81. The van der Waals surface area contributed by atoms with Gasteiger partial charge in [0.25, 0.3) is 0 Å². The van der Waals surface area contributed by atoms with Crippen molar-refractivity contribution in [1.29, 1.82) is 0 Å². The van der Waals surface area contributed by atoms with Crippen LogP contribution in [0.3, 0.4) is 0 Å². The highest BCUT2D eigenvalue weighted by Gasteiger charge is 1.98. The van der Waals surface area contributed by atoms with E-state index in [0.717, 1.165) is 24.3 Å². The molecule has 1 aromatic heterocycles. The Bertz CT molecular complexity index is 540. The Morgan fingerprint density at radius 2 is 1.89 bits per heavy atom. The molecule has 0 spiro atoms. The van der Waals surface area contributed by atoms with E-state index >= 15 is 0 Å². The lowest BCUT2D eigenvalue weighted by Gasteiger charge is -2.08. The lowest BCUT2D eigenvalue weighted by Crippen LogP contribution is -2.07. The fraction of sp³-hybridized carbons (Fsp3) is 0.200. The standard InChI is InChI=1S/C15H17N3O/c1-12(19)18-15-4-2-3-14(11-15)17-10-7-13-5-8-16-9-6-13/h2-6,8-9,11,17H,7,10H2,1H3,(H,18,19). The number of carbonyl (C=O) groups is 1. The van der Waals surface area contributed by atoms with Crippen LogP contribution >= 0.6 is 0 Å². The number of rotatable bonds is 5. The van der Waals surface area contributed by atoms with Gasteiger partial charge in [-0.15, -0.1) is 0 Å². The summed E-state index contributed by atoms with van der Waals surface area (Å²) < 4.78 is 0. The highest BCUT2D eigenvalue weighted by atomic mass is 16.1. The lowest BCUT2D eigenvalue weighted by molar-refractivity contribution is -0.114. The van der Waals surface area contributed by atoms with Gasteiger partial charge in [0, 0.05) is 37.2 Å². The number of carbonyl (C=O) groups excluding carboxylic acids is 1. The minimum absolute atomic E-state index is 0.0612. The van der Waals surface area contributed by atoms with E-state index in [4.69, 9.17) is 0 Å². The molecule has 0 aliphatic rings. The van der Waals surface area contributed by atoms with E-state index in [9.17, 15) is 4.79 Å². The maximum atomic E-state index is 11.0. The van der Waals surface area contributed by atoms with E-state index < -0.39 is 0 Å². The first-order valence-electron chi connectivity index (χ1n) is 6.24. The average Bonchev–Trinajstić information content (AvgIpc) is 2.40. The molecular weight excluding hydrogens is 238 g/mol. The third kappa shape index (κ3) is 4.43. The quantitative estimate of drug-likeness (QED) is 0.863. The number of hydrogen-bond donors (Lipinski definition) is 2. The van der Waals surface area contributed by atoms with Crippen LogP contribution in [0.4, 0.5) is 11.4 Å². The number of nitrogens with one attached hydrogen (secondary N) is 2. The van der Waals surface area contributed by atoms with E-state index in [1.165, 1.54) is 12.5 Å². The van der Waals surface area contributed by atoms with Crippen LogP contribution in [0.2, 0.25) is 0 Å². The fourth-order valence-electron chi connectivity index (χ4n) is 1.81. The SMILES string of the molecule is CC(=O)Nc1cccc(NCCc2ccncc2)c1. The van der Waals surface area contributed by atoms with Gasteiger partial charge >= 0.3 is 0 Å². The molecule has 19 heavy (non-hydrogen) atoms. The van der Waals surface area contributed by atoms with Crippen molar-refractivity contribution in [3.05, 3.63) is 54.4 Å². The number of amides is 1. The number of benzene rings is 1.